The zero-order valence-corrected chi connectivity index (χ0v) is 12.1. The largest absolute Gasteiger partial charge is 0.394 e. The monoisotopic (exact) mass is 297 g/mol. The maximum absolute atomic E-state index is 12.1. The number of hydrogen-bond donors (Lipinski definition) is 2. The minimum atomic E-state index is -0.659. The third-order valence-corrected chi connectivity index (χ3v) is 3.56. The number of nitrogens with one attached hydrogen (secondary N) is 1. The Morgan fingerprint density at radius 3 is 2.86 bits per heavy atom. The highest BCUT2D eigenvalue weighted by Gasteiger charge is 2.43. The van der Waals surface area contributed by atoms with Crippen LogP contribution >= 0.6 is 0 Å². The van der Waals surface area contributed by atoms with E-state index >= 15 is 0 Å². The number of anilines is 1. The maximum atomic E-state index is 12.1. The van der Waals surface area contributed by atoms with Gasteiger partial charge in [-0.05, 0) is 6.07 Å². The molecule has 1 aliphatic rings. The first-order chi connectivity index (χ1) is 9.97. The molecular weight excluding hydrogens is 278 g/mol. The lowest BCUT2D eigenvalue weighted by atomic mass is 10.0. The van der Waals surface area contributed by atoms with Crippen molar-refractivity contribution in [1.29, 1.82) is 0 Å². The lowest BCUT2D eigenvalue weighted by Crippen LogP contribution is -2.34. The van der Waals surface area contributed by atoms with Crippen LogP contribution in [0.3, 0.4) is 0 Å². The van der Waals surface area contributed by atoms with Crippen LogP contribution < -0.4 is 11.0 Å². The van der Waals surface area contributed by atoms with Crippen LogP contribution in [0.15, 0.2) is 17.1 Å². The minimum Gasteiger partial charge on any atom is -0.394 e. The van der Waals surface area contributed by atoms with Gasteiger partial charge < -0.3 is 19.9 Å². The number of aliphatic hydroxyl groups excluding tert-OH is 1. The molecule has 0 radical (unpaired) electrons. The van der Waals surface area contributed by atoms with Crippen molar-refractivity contribution in [2.24, 2.45) is 5.92 Å². The van der Waals surface area contributed by atoms with Crippen LogP contribution in [-0.2, 0) is 14.3 Å². The molecule has 0 aliphatic carbocycles. The molecule has 1 aromatic heterocycles. The molecule has 0 spiro atoms. The molecule has 1 aliphatic heterocycles. The molecule has 1 unspecified atom stereocenters. The molecule has 1 aromatic rings. The van der Waals surface area contributed by atoms with Gasteiger partial charge in [-0.25, -0.2) is 4.79 Å². The molecule has 2 rings (SSSR count). The number of ether oxygens (including phenoxy) is 2. The van der Waals surface area contributed by atoms with Crippen LogP contribution in [0.4, 0.5) is 5.82 Å². The first kappa shape index (κ1) is 15.6. The fourth-order valence-electron chi connectivity index (χ4n) is 2.47. The van der Waals surface area contributed by atoms with E-state index in [0.717, 1.165) is 0 Å². The number of methoxy groups -OCH3 is 1. The van der Waals surface area contributed by atoms with E-state index in [-0.39, 0.29) is 30.4 Å². The number of aromatic nitrogens is 2. The number of rotatable bonds is 4. The summed E-state index contributed by atoms with van der Waals surface area (Å²) in [7, 11) is 1.53. The SMILES string of the molecule is CO[C@H]1C(C)[C@@H](CO)O[C@H]1n1ccc(NC(C)=O)nc1=O. The zero-order valence-electron chi connectivity index (χ0n) is 12.1. The van der Waals surface area contributed by atoms with Crippen LogP contribution in [0.1, 0.15) is 20.1 Å². The summed E-state index contributed by atoms with van der Waals surface area (Å²) in [5.74, 6) is -0.185. The van der Waals surface area contributed by atoms with Gasteiger partial charge in [0, 0.05) is 26.1 Å². The highest BCUT2D eigenvalue weighted by molar-refractivity contribution is 5.87. The maximum Gasteiger partial charge on any atom is 0.351 e. The Bertz CT molecular complexity index is 573. The van der Waals surface area contributed by atoms with Gasteiger partial charge in [0.25, 0.3) is 0 Å². The van der Waals surface area contributed by atoms with E-state index in [4.69, 9.17) is 9.47 Å². The van der Waals surface area contributed by atoms with Crippen LogP contribution in [0.2, 0.25) is 0 Å². The highest BCUT2D eigenvalue weighted by Crippen LogP contribution is 2.34. The van der Waals surface area contributed by atoms with Crippen molar-refractivity contribution >= 4 is 11.7 Å². The van der Waals surface area contributed by atoms with Gasteiger partial charge in [-0.1, -0.05) is 6.92 Å². The van der Waals surface area contributed by atoms with E-state index in [9.17, 15) is 14.7 Å². The summed E-state index contributed by atoms with van der Waals surface area (Å²) >= 11 is 0. The topological polar surface area (TPSA) is 103 Å². The summed E-state index contributed by atoms with van der Waals surface area (Å²) in [5.41, 5.74) is -0.556. The molecule has 116 valence electrons. The van der Waals surface area contributed by atoms with Crippen molar-refractivity contribution in [3.05, 3.63) is 22.7 Å². The van der Waals surface area contributed by atoms with E-state index in [1.165, 1.54) is 30.9 Å². The van der Waals surface area contributed by atoms with Crippen molar-refractivity contribution in [2.75, 3.05) is 19.0 Å². The van der Waals surface area contributed by atoms with Gasteiger partial charge in [-0.2, -0.15) is 4.98 Å². The smallest absolute Gasteiger partial charge is 0.351 e. The second-order valence-electron chi connectivity index (χ2n) is 4.99. The first-order valence-corrected chi connectivity index (χ1v) is 6.63. The van der Waals surface area contributed by atoms with Gasteiger partial charge in [-0.15, -0.1) is 0 Å². The molecular formula is C13H19N3O5. The number of aliphatic hydroxyl groups is 1. The second kappa shape index (κ2) is 6.33. The van der Waals surface area contributed by atoms with Gasteiger partial charge in [-0.3, -0.25) is 9.36 Å². The average Bonchev–Trinajstić information content (AvgIpc) is 2.74. The van der Waals surface area contributed by atoms with Crippen LogP contribution in [0, 0.1) is 5.92 Å². The number of carbonyl (C=O) groups is 1. The summed E-state index contributed by atoms with van der Waals surface area (Å²) in [5, 5.41) is 11.7. The lowest BCUT2D eigenvalue weighted by molar-refractivity contribution is -0.114. The Hall–Kier alpha value is -1.77. The molecule has 8 nitrogen and oxygen atoms in total. The third kappa shape index (κ3) is 3.12. The van der Waals surface area contributed by atoms with Crippen molar-refractivity contribution in [1.82, 2.24) is 9.55 Å². The molecule has 1 fully saturated rings. The van der Waals surface area contributed by atoms with Gasteiger partial charge in [0.15, 0.2) is 6.23 Å². The minimum absolute atomic E-state index is 0.0630. The predicted molar refractivity (Wildman–Crippen MR) is 73.8 cm³/mol. The number of nitrogens with zero attached hydrogens (tertiary/aromatic N) is 2. The molecule has 2 heterocycles. The predicted octanol–water partition coefficient (Wildman–Crippen LogP) is -0.258. The zero-order chi connectivity index (χ0) is 15.6. The van der Waals surface area contributed by atoms with Crippen LogP contribution in [0.25, 0.3) is 0 Å². The summed E-state index contributed by atoms with van der Waals surface area (Å²) < 4.78 is 12.4. The van der Waals surface area contributed by atoms with Gasteiger partial charge in [0.05, 0.1) is 12.7 Å². The molecule has 2 N–H and O–H groups in total. The summed E-state index contributed by atoms with van der Waals surface area (Å²) in [6, 6.07) is 1.51. The Labute approximate surface area is 121 Å². The Morgan fingerprint density at radius 2 is 2.33 bits per heavy atom. The Balaban J connectivity index is 2.29. The van der Waals surface area contributed by atoms with E-state index in [0.29, 0.717) is 0 Å². The van der Waals surface area contributed by atoms with Gasteiger partial charge in [0.2, 0.25) is 5.91 Å². The molecule has 0 saturated carbocycles. The Kier molecular flexibility index (Phi) is 4.71. The summed E-state index contributed by atoms with van der Waals surface area (Å²) in [6.45, 7) is 3.07. The molecule has 1 saturated heterocycles. The van der Waals surface area contributed by atoms with E-state index < -0.39 is 18.0 Å². The van der Waals surface area contributed by atoms with Gasteiger partial charge >= 0.3 is 5.69 Å². The average molecular weight is 297 g/mol. The number of hydrogen-bond acceptors (Lipinski definition) is 6. The van der Waals surface area contributed by atoms with Crippen LogP contribution in [-0.4, -0.2) is 46.5 Å². The molecule has 1 amide bonds. The van der Waals surface area contributed by atoms with Crippen molar-refractivity contribution < 1.29 is 19.4 Å². The van der Waals surface area contributed by atoms with Crippen molar-refractivity contribution in [2.45, 2.75) is 32.3 Å². The molecule has 0 bridgehead atoms. The van der Waals surface area contributed by atoms with Crippen molar-refractivity contribution in [3.63, 3.8) is 0 Å². The van der Waals surface area contributed by atoms with Crippen LogP contribution in [0.5, 0.6) is 0 Å². The quantitative estimate of drug-likeness (QED) is 0.794. The van der Waals surface area contributed by atoms with Gasteiger partial charge in [0.1, 0.15) is 11.9 Å². The highest BCUT2D eigenvalue weighted by atomic mass is 16.6. The third-order valence-electron chi connectivity index (χ3n) is 3.56. The van der Waals surface area contributed by atoms with E-state index in [2.05, 4.69) is 10.3 Å². The first-order valence-electron chi connectivity index (χ1n) is 6.63. The second-order valence-corrected chi connectivity index (χ2v) is 4.99. The molecule has 0 aromatic carbocycles. The summed E-state index contributed by atoms with van der Waals surface area (Å²) in [4.78, 5) is 26.8. The molecule has 8 heteroatoms. The Morgan fingerprint density at radius 1 is 1.62 bits per heavy atom. The normalized spacial score (nSPS) is 28.6. The number of amides is 1. The molecule has 21 heavy (non-hydrogen) atoms. The molecule has 4 atom stereocenters. The standard InChI is InChI=1S/C13H19N3O5/c1-7-9(6-17)21-12(11(7)20-3)16-5-4-10(14-8(2)18)15-13(16)19/h4-5,7,9,11-12,17H,6H2,1-3H3,(H,14,15,18,19)/t7?,9-,11+,12-/m1/s1. The lowest BCUT2D eigenvalue weighted by Gasteiger charge is -2.21. The fourth-order valence-corrected chi connectivity index (χ4v) is 2.47. The summed E-state index contributed by atoms with van der Waals surface area (Å²) in [6.07, 6.45) is 0.0627. The van der Waals surface area contributed by atoms with E-state index in [1.807, 2.05) is 6.92 Å². The fraction of sp³-hybridized carbons (Fsp3) is 0.615. The van der Waals surface area contributed by atoms with Crippen molar-refractivity contribution in [3.8, 4) is 0 Å². The number of carbonyl (C=O) groups excluding carboxylic acids is 1. The van der Waals surface area contributed by atoms with E-state index in [1.54, 1.807) is 0 Å².